The molecule has 0 spiro atoms. The maximum atomic E-state index is 13.7. The standard InChI is InChI=1S/C27H30FN3O7S2/c1-20-4-10-23(11-5-20)39(33,34)30-16-14-29(15-17-30)27(32)19-31(22-8-6-21(28)7-9-22)40(35,36)24-12-13-25(37-2)26(18-24)38-3/h4-13,18H,14-17,19H2,1-3H3. The Labute approximate surface area is 233 Å². The molecule has 4 rings (SSSR count). The number of carbonyl (C=O) groups excluding carboxylic acids is 1. The highest BCUT2D eigenvalue weighted by molar-refractivity contribution is 7.92. The smallest absolute Gasteiger partial charge is 0.264 e. The van der Waals surface area contributed by atoms with E-state index in [0.717, 1.165) is 22.0 Å². The molecule has 1 saturated heterocycles. The second-order valence-corrected chi connectivity index (χ2v) is 12.9. The molecule has 0 saturated carbocycles. The first kappa shape index (κ1) is 29.3. The maximum Gasteiger partial charge on any atom is 0.264 e. The maximum absolute atomic E-state index is 13.7. The summed E-state index contributed by atoms with van der Waals surface area (Å²) in [6.07, 6.45) is 0. The lowest BCUT2D eigenvalue weighted by Gasteiger charge is -2.35. The van der Waals surface area contributed by atoms with Crippen LogP contribution in [-0.4, -0.2) is 78.9 Å². The van der Waals surface area contributed by atoms with Crippen molar-refractivity contribution in [3.8, 4) is 11.5 Å². The van der Waals surface area contributed by atoms with Crippen molar-refractivity contribution in [2.75, 3.05) is 51.2 Å². The average molecular weight is 592 g/mol. The van der Waals surface area contributed by atoms with E-state index in [1.165, 1.54) is 53.8 Å². The monoisotopic (exact) mass is 591 g/mol. The zero-order valence-corrected chi connectivity index (χ0v) is 23.9. The van der Waals surface area contributed by atoms with Crippen LogP contribution in [0.15, 0.2) is 76.5 Å². The second-order valence-electron chi connectivity index (χ2n) is 9.10. The number of methoxy groups -OCH3 is 2. The molecule has 214 valence electrons. The lowest BCUT2D eigenvalue weighted by molar-refractivity contribution is -0.130. The highest BCUT2D eigenvalue weighted by atomic mass is 32.2. The van der Waals surface area contributed by atoms with Crippen molar-refractivity contribution in [1.82, 2.24) is 9.21 Å². The third-order valence-corrected chi connectivity index (χ3v) is 10.3. The van der Waals surface area contributed by atoms with Gasteiger partial charge in [0.2, 0.25) is 15.9 Å². The largest absolute Gasteiger partial charge is 0.493 e. The highest BCUT2D eigenvalue weighted by Gasteiger charge is 2.33. The Morgan fingerprint density at radius 1 is 0.825 bits per heavy atom. The molecule has 0 bridgehead atoms. The van der Waals surface area contributed by atoms with Crippen LogP contribution in [0.25, 0.3) is 0 Å². The Morgan fingerprint density at radius 2 is 1.40 bits per heavy atom. The molecule has 3 aromatic carbocycles. The number of halogens is 1. The summed E-state index contributed by atoms with van der Waals surface area (Å²) in [6, 6.07) is 15.3. The molecule has 1 fully saturated rings. The van der Waals surface area contributed by atoms with Crippen molar-refractivity contribution in [3.63, 3.8) is 0 Å². The third-order valence-electron chi connectivity index (χ3n) is 6.59. The highest BCUT2D eigenvalue weighted by Crippen LogP contribution is 2.32. The average Bonchev–Trinajstić information content (AvgIpc) is 2.96. The zero-order chi connectivity index (χ0) is 29.1. The number of sulfonamides is 2. The van der Waals surface area contributed by atoms with Gasteiger partial charge in [-0.25, -0.2) is 21.2 Å². The molecule has 1 aliphatic rings. The van der Waals surface area contributed by atoms with Crippen molar-refractivity contribution in [3.05, 3.63) is 78.1 Å². The van der Waals surface area contributed by atoms with Crippen LogP contribution in [-0.2, 0) is 24.8 Å². The summed E-state index contributed by atoms with van der Waals surface area (Å²) in [5.41, 5.74) is 1.02. The number of benzene rings is 3. The summed E-state index contributed by atoms with van der Waals surface area (Å²) in [6.45, 7) is 1.56. The number of nitrogens with zero attached hydrogens (tertiary/aromatic N) is 3. The fraction of sp³-hybridized carbons (Fsp3) is 0.296. The molecule has 13 heteroatoms. The molecule has 1 aliphatic heterocycles. The molecular formula is C27H30FN3O7S2. The van der Waals surface area contributed by atoms with Crippen LogP contribution < -0.4 is 13.8 Å². The number of piperazine rings is 1. The van der Waals surface area contributed by atoms with Gasteiger partial charge in [-0.15, -0.1) is 0 Å². The SMILES string of the molecule is COc1ccc(S(=O)(=O)N(CC(=O)N2CCN(S(=O)(=O)c3ccc(C)cc3)CC2)c2ccc(F)cc2)cc1OC. The first-order valence-electron chi connectivity index (χ1n) is 12.3. The van der Waals surface area contributed by atoms with Crippen LogP contribution in [0.4, 0.5) is 10.1 Å². The molecule has 0 radical (unpaired) electrons. The van der Waals surface area contributed by atoms with Crippen molar-refractivity contribution >= 4 is 31.6 Å². The Bertz CT molecular complexity index is 1570. The zero-order valence-electron chi connectivity index (χ0n) is 22.3. The minimum atomic E-state index is -4.31. The number of anilines is 1. The van der Waals surface area contributed by atoms with Crippen LogP contribution in [0.1, 0.15) is 5.56 Å². The van der Waals surface area contributed by atoms with Crippen molar-refractivity contribution in [1.29, 1.82) is 0 Å². The summed E-state index contributed by atoms with van der Waals surface area (Å²) in [5.74, 6) is -0.589. The van der Waals surface area contributed by atoms with E-state index in [4.69, 9.17) is 9.47 Å². The van der Waals surface area contributed by atoms with Crippen molar-refractivity contribution in [2.24, 2.45) is 0 Å². The van der Waals surface area contributed by atoms with Gasteiger partial charge < -0.3 is 14.4 Å². The van der Waals surface area contributed by atoms with E-state index in [9.17, 15) is 26.0 Å². The van der Waals surface area contributed by atoms with Gasteiger partial charge in [0.05, 0.1) is 29.7 Å². The molecule has 0 aromatic heterocycles. The van der Waals surface area contributed by atoms with E-state index in [2.05, 4.69) is 0 Å². The van der Waals surface area contributed by atoms with Gasteiger partial charge in [-0.05, 0) is 55.5 Å². The third kappa shape index (κ3) is 6.06. The summed E-state index contributed by atoms with van der Waals surface area (Å²) in [5, 5.41) is 0. The van der Waals surface area contributed by atoms with Crippen molar-refractivity contribution in [2.45, 2.75) is 16.7 Å². The number of aryl methyl sites for hydroxylation is 1. The van der Waals surface area contributed by atoms with Gasteiger partial charge in [-0.1, -0.05) is 17.7 Å². The van der Waals surface area contributed by atoms with Gasteiger partial charge in [-0.3, -0.25) is 9.10 Å². The van der Waals surface area contributed by atoms with Gasteiger partial charge in [0.15, 0.2) is 11.5 Å². The lowest BCUT2D eigenvalue weighted by Crippen LogP contribution is -2.53. The first-order valence-corrected chi connectivity index (χ1v) is 15.2. The van der Waals surface area contributed by atoms with E-state index in [-0.39, 0.29) is 47.4 Å². The number of carbonyl (C=O) groups is 1. The summed E-state index contributed by atoms with van der Waals surface area (Å²) >= 11 is 0. The van der Waals surface area contributed by atoms with Crippen LogP contribution >= 0.6 is 0 Å². The molecule has 10 nitrogen and oxygen atoms in total. The van der Waals surface area contributed by atoms with E-state index in [1.807, 2.05) is 6.92 Å². The minimum absolute atomic E-state index is 0.0565. The van der Waals surface area contributed by atoms with Crippen LogP contribution in [0, 0.1) is 12.7 Å². The quantitative estimate of drug-likeness (QED) is 0.376. The molecule has 0 atom stereocenters. The van der Waals surface area contributed by atoms with Crippen LogP contribution in [0.5, 0.6) is 11.5 Å². The lowest BCUT2D eigenvalue weighted by atomic mass is 10.2. The number of hydrogen-bond donors (Lipinski definition) is 0. The molecule has 1 heterocycles. The summed E-state index contributed by atoms with van der Waals surface area (Å²) < 4.78 is 79.8. The summed E-state index contributed by atoms with van der Waals surface area (Å²) in [4.78, 5) is 14.8. The van der Waals surface area contributed by atoms with Crippen LogP contribution in [0.2, 0.25) is 0 Å². The molecule has 0 N–H and O–H groups in total. The molecule has 3 aromatic rings. The fourth-order valence-corrected chi connectivity index (χ4v) is 7.14. The first-order chi connectivity index (χ1) is 19.0. The van der Waals surface area contributed by atoms with Gasteiger partial charge in [0, 0.05) is 32.2 Å². The van der Waals surface area contributed by atoms with Gasteiger partial charge >= 0.3 is 0 Å². The van der Waals surface area contributed by atoms with E-state index in [0.29, 0.717) is 5.75 Å². The van der Waals surface area contributed by atoms with Crippen LogP contribution in [0.3, 0.4) is 0 Å². The Balaban J connectivity index is 1.55. The second kappa shape index (κ2) is 11.8. The number of amides is 1. The minimum Gasteiger partial charge on any atom is -0.493 e. The van der Waals surface area contributed by atoms with Gasteiger partial charge in [0.1, 0.15) is 12.4 Å². The molecule has 0 aliphatic carbocycles. The number of hydrogen-bond acceptors (Lipinski definition) is 7. The predicted octanol–water partition coefficient (Wildman–Crippen LogP) is 2.88. The normalized spacial score (nSPS) is 14.6. The van der Waals surface area contributed by atoms with E-state index < -0.39 is 38.3 Å². The topological polar surface area (TPSA) is 114 Å². The fourth-order valence-electron chi connectivity index (χ4n) is 4.29. The Morgan fingerprint density at radius 3 is 1.98 bits per heavy atom. The Kier molecular flexibility index (Phi) is 8.66. The molecule has 1 amide bonds. The van der Waals surface area contributed by atoms with Crippen molar-refractivity contribution < 1.29 is 35.5 Å². The Hall–Kier alpha value is -3.68. The van der Waals surface area contributed by atoms with E-state index in [1.54, 1.807) is 24.3 Å². The molecule has 40 heavy (non-hydrogen) atoms. The van der Waals surface area contributed by atoms with E-state index >= 15 is 0 Å². The number of ether oxygens (including phenoxy) is 2. The predicted molar refractivity (Wildman–Crippen MR) is 147 cm³/mol. The summed E-state index contributed by atoms with van der Waals surface area (Å²) in [7, 11) is -5.26. The molecule has 0 unspecified atom stereocenters. The van der Waals surface area contributed by atoms with Gasteiger partial charge in [0.25, 0.3) is 10.0 Å². The number of rotatable bonds is 9. The molecular weight excluding hydrogens is 561 g/mol. The van der Waals surface area contributed by atoms with Gasteiger partial charge in [-0.2, -0.15) is 4.31 Å².